The van der Waals surface area contributed by atoms with Crippen molar-refractivity contribution in [2.75, 3.05) is 11.1 Å². The smallest absolute Gasteiger partial charge is 0.238 e. The summed E-state index contributed by atoms with van der Waals surface area (Å²) in [6, 6.07) is 14.6. The number of hydrogen-bond donors (Lipinski definition) is 3. The number of primary sulfonamides is 1. The molecule has 9 nitrogen and oxygen atoms in total. The van der Waals surface area contributed by atoms with Crippen LogP contribution in [0, 0.1) is 11.3 Å². The second-order valence-electron chi connectivity index (χ2n) is 5.76. The van der Waals surface area contributed by atoms with E-state index in [1.165, 1.54) is 24.3 Å². The van der Waals surface area contributed by atoms with Gasteiger partial charge in [-0.05, 0) is 48.0 Å². The number of benzene rings is 2. The van der Waals surface area contributed by atoms with Crippen molar-refractivity contribution in [3.8, 4) is 6.07 Å². The van der Waals surface area contributed by atoms with E-state index in [4.69, 9.17) is 22.5 Å². The summed E-state index contributed by atoms with van der Waals surface area (Å²) in [5.41, 5.74) is 7.10. The molecule has 2 aromatic carbocycles. The van der Waals surface area contributed by atoms with Crippen LogP contribution in [0.5, 0.6) is 0 Å². The van der Waals surface area contributed by atoms with Crippen LogP contribution in [-0.4, -0.2) is 23.4 Å². The van der Waals surface area contributed by atoms with Crippen molar-refractivity contribution in [1.29, 1.82) is 5.26 Å². The molecule has 3 aromatic rings. The second kappa shape index (κ2) is 8.24. The SMILES string of the molecule is N#C/C(=C\c1cccc(Cl)c1)c1nc(N)nc(Nc2ccc(S(N)(=O)=O)cc2)n1. The number of nitrogens with one attached hydrogen (secondary N) is 1. The van der Waals surface area contributed by atoms with Gasteiger partial charge in [0.05, 0.1) is 10.5 Å². The molecule has 0 saturated carbocycles. The molecule has 146 valence electrons. The number of sulfonamides is 1. The molecule has 0 spiro atoms. The molecular formula is C18H14ClN7O2S. The molecule has 1 heterocycles. The van der Waals surface area contributed by atoms with Crippen molar-refractivity contribution in [3.63, 3.8) is 0 Å². The number of aromatic nitrogens is 3. The number of nitrogens with two attached hydrogens (primary N) is 2. The van der Waals surface area contributed by atoms with E-state index in [9.17, 15) is 13.7 Å². The summed E-state index contributed by atoms with van der Waals surface area (Å²) in [7, 11) is -3.80. The van der Waals surface area contributed by atoms with Crippen LogP contribution in [0.2, 0.25) is 5.02 Å². The number of nitriles is 1. The molecule has 0 unspecified atom stereocenters. The molecule has 0 radical (unpaired) electrons. The van der Waals surface area contributed by atoms with Gasteiger partial charge in [0.2, 0.25) is 21.9 Å². The fourth-order valence-corrected chi connectivity index (χ4v) is 3.05. The van der Waals surface area contributed by atoms with Gasteiger partial charge in [-0.25, -0.2) is 13.6 Å². The first-order chi connectivity index (χ1) is 13.7. The maximum atomic E-state index is 11.3. The molecule has 5 N–H and O–H groups in total. The lowest BCUT2D eigenvalue weighted by Gasteiger charge is -2.08. The first-order valence-corrected chi connectivity index (χ1v) is 9.96. The van der Waals surface area contributed by atoms with Crippen LogP contribution in [0.4, 0.5) is 17.6 Å². The molecule has 11 heteroatoms. The Balaban J connectivity index is 1.92. The summed E-state index contributed by atoms with van der Waals surface area (Å²) in [5.74, 6) is 0.0673. The van der Waals surface area contributed by atoms with Gasteiger partial charge in [0.1, 0.15) is 6.07 Å². The highest BCUT2D eigenvalue weighted by molar-refractivity contribution is 7.89. The van der Waals surface area contributed by atoms with Crippen molar-refractivity contribution in [1.82, 2.24) is 15.0 Å². The highest BCUT2D eigenvalue weighted by Crippen LogP contribution is 2.21. The zero-order valence-corrected chi connectivity index (χ0v) is 16.3. The van der Waals surface area contributed by atoms with Crippen LogP contribution in [-0.2, 0) is 10.0 Å². The Bertz CT molecular complexity index is 1240. The van der Waals surface area contributed by atoms with Crippen LogP contribution in [0.3, 0.4) is 0 Å². The van der Waals surface area contributed by atoms with Crippen LogP contribution in [0.25, 0.3) is 11.6 Å². The van der Waals surface area contributed by atoms with Crippen LogP contribution in [0.1, 0.15) is 11.4 Å². The van der Waals surface area contributed by atoms with Crippen molar-refractivity contribution in [2.24, 2.45) is 5.14 Å². The maximum Gasteiger partial charge on any atom is 0.238 e. The van der Waals surface area contributed by atoms with Gasteiger partial charge in [-0.15, -0.1) is 0 Å². The summed E-state index contributed by atoms with van der Waals surface area (Å²) in [4.78, 5) is 12.2. The van der Waals surface area contributed by atoms with E-state index in [0.29, 0.717) is 16.3 Å². The Morgan fingerprint density at radius 1 is 1.14 bits per heavy atom. The van der Waals surface area contributed by atoms with Crippen LogP contribution < -0.4 is 16.2 Å². The van der Waals surface area contributed by atoms with E-state index in [2.05, 4.69) is 20.3 Å². The first kappa shape index (κ1) is 20.2. The standard InChI is InChI=1S/C18H14ClN7O2S/c19-13-3-1-2-11(9-13)8-12(10-20)16-24-17(21)26-18(25-16)23-14-4-6-15(7-5-14)29(22,27)28/h1-9H,(H2,22,27,28)(H3,21,23,24,25,26)/b12-8+. The minimum atomic E-state index is -3.80. The molecule has 29 heavy (non-hydrogen) atoms. The van der Waals surface area contributed by atoms with Gasteiger partial charge in [-0.1, -0.05) is 23.7 Å². The molecule has 3 rings (SSSR count). The Labute approximate surface area is 171 Å². The topological polar surface area (TPSA) is 161 Å². The highest BCUT2D eigenvalue weighted by Gasteiger charge is 2.11. The Kier molecular flexibility index (Phi) is 5.74. The predicted octanol–water partition coefficient (Wildman–Crippen LogP) is 2.56. The fraction of sp³-hybridized carbons (Fsp3) is 0. The van der Waals surface area contributed by atoms with Crippen molar-refractivity contribution in [3.05, 3.63) is 64.9 Å². The molecule has 0 aliphatic heterocycles. The van der Waals surface area contributed by atoms with Gasteiger partial charge >= 0.3 is 0 Å². The number of nitrogens with zero attached hydrogens (tertiary/aromatic N) is 4. The maximum absolute atomic E-state index is 11.3. The van der Waals surface area contributed by atoms with Crippen molar-refractivity contribution >= 4 is 50.9 Å². The van der Waals surface area contributed by atoms with Gasteiger partial charge in [0.15, 0.2) is 5.82 Å². The lowest BCUT2D eigenvalue weighted by Crippen LogP contribution is -2.12. The molecule has 0 amide bonds. The lowest BCUT2D eigenvalue weighted by atomic mass is 10.1. The second-order valence-corrected chi connectivity index (χ2v) is 7.76. The fourth-order valence-electron chi connectivity index (χ4n) is 2.34. The lowest BCUT2D eigenvalue weighted by molar-refractivity contribution is 0.598. The summed E-state index contributed by atoms with van der Waals surface area (Å²) >= 11 is 5.97. The number of anilines is 3. The van der Waals surface area contributed by atoms with E-state index >= 15 is 0 Å². The Morgan fingerprint density at radius 3 is 2.48 bits per heavy atom. The first-order valence-electron chi connectivity index (χ1n) is 8.04. The summed E-state index contributed by atoms with van der Waals surface area (Å²) < 4.78 is 22.7. The van der Waals surface area contributed by atoms with E-state index in [-0.39, 0.29) is 28.2 Å². The van der Waals surface area contributed by atoms with Crippen LogP contribution >= 0.6 is 11.6 Å². The third kappa shape index (κ3) is 5.26. The zero-order valence-electron chi connectivity index (χ0n) is 14.7. The Morgan fingerprint density at radius 2 is 1.86 bits per heavy atom. The summed E-state index contributed by atoms with van der Waals surface area (Å²) in [6.07, 6.45) is 1.57. The minimum absolute atomic E-state index is 0.0323. The van der Waals surface area contributed by atoms with E-state index in [1.54, 1.807) is 30.3 Å². The van der Waals surface area contributed by atoms with Gasteiger partial charge in [0, 0.05) is 10.7 Å². The van der Waals surface area contributed by atoms with Gasteiger partial charge in [-0.2, -0.15) is 20.2 Å². The highest BCUT2D eigenvalue weighted by atomic mass is 35.5. The third-order valence-corrected chi connectivity index (χ3v) is 4.78. The number of rotatable bonds is 5. The summed E-state index contributed by atoms with van der Waals surface area (Å²) in [6.45, 7) is 0. The largest absolute Gasteiger partial charge is 0.368 e. The van der Waals surface area contributed by atoms with E-state index in [1.807, 2.05) is 6.07 Å². The summed E-state index contributed by atoms with van der Waals surface area (Å²) in [5, 5.41) is 18.0. The quantitative estimate of drug-likeness (QED) is 0.523. The average Bonchev–Trinajstić information content (AvgIpc) is 2.65. The number of hydrogen-bond acceptors (Lipinski definition) is 8. The van der Waals surface area contributed by atoms with Gasteiger partial charge in [0.25, 0.3) is 0 Å². The molecule has 0 atom stereocenters. The normalized spacial score (nSPS) is 11.7. The molecule has 0 bridgehead atoms. The molecular weight excluding hydrogens is 414 g/mol. The molecule has 0 saturated heterocycles. The molecule has 0 aliphatic carbocycles. The molecule has 0 aliphatic rings. The van der Waals surface area contributed by atoms with E-state index < -0.39 is 10.0 Å². The van der Waals surface area contributed by atoms with Crippen LogP contribution in [0.15, 0.2) is 53.4 Å². The zero-order chi connectivity index (χ0) is 21.0. The van der Waals surface area contributed by atoms with Crippen molar-refractivity contribution in [2.45, 2.75) is 4.90 Å². The third-order valence-electron chi connectivity index (χ3n) is 3.61. The number of halogens is 1. The monoisotopic (exact) mass is 427 g/mol. The van der Waals surface area contributed by atoms with Crippen molar-refractivity contribution < 1.29 is 8.42 Å². The minimum Gasteiger partial charge on any atom is -0.368 e. The average molecular weight is 428 g/mol. The molecule has 0 fully saturated rings. The van der Waals surface area contributed by atoms with Gasteiger partial charge in [-0.3, -0.25) is 0 Å². The Hall–Kier alpha value is -3.52. The molecule has 1 aromatic heterocycles. The predicted molar refractivity (Wildman–Crippen MR) is 110 cm³/mol. The van der Waals surface area contributed by atoms with Gasteiger partial charge < -0.3 is 11.1 Å². The number of nitrogen functional groups attached to an aromatic ring is 1. The number of allylic oxidation sites excluding steroid dienone is 1. The van der Waals surface area contributed by atoms with E-state index in [0.717, 1.165) is 0 Å².